The normalized spacial score (nSPS) is 10.3. The third-order valence-electron chi connectivity index (χ3n) is 1.89. The summed E-state index contributed by atoms with van der Waals surface area (Å²) in [5.41, 5.74) is 7.61. The maximum atomic E-state index is 9.09. The van der Waals surface area contributed by atoms with Crippen molar-refractivity contribution in [2.75, 3.05) is 5.73 Å². The standard InChI is InChI=1S/C10H10N2OS/c11-10-12-8(6-14-10)5-7-1-3-9(13)4-2-7/h1-4,6,13H,5H2,(H2,11,12). The Morgan fingerprint density at radius 1 is 1.29 bits per heavy atom. The largest absolute Gasteiger partial charge is 0.508 e. The zero-order valence-electron chi connectivity index (χ0n) is 7.47. The topological polar surface area (TPSA) is 59.1 Å². The summed E-state index contributed by atoms with van der Waals surface area (Å²) in [6.07, 6.45) is 0.758. The fraction of sp³-hybridized carbons (Fsp3) is 0.100. The number of aromatic hydroxyl groups is 1. The lowest BCUT2D eigenvalue weighted by Gasteiger charge is -1.97. The van der Waals surface area contributed by atoms with Crippen molar-refractivity contribution in [1.82, 2.24) is 4.98 Å². The minimum atomic E-state index is 0.284. The number of nitrogens with two attached hydrogens (primary N) is 1. The van der Waals surface area contributed by atoms with Crippen molar-refractivity contribution in [2.45, 2.75) is 6.42 Å². The molecule has 0 aliphatic carbocycles. The van der Waals surface area contributed by atoms with E-state index < -0.39 is 0 Å². The molecule has 0 bridgehead atoms. The highest BCUT2D eigenvalue weighted by atomic mass is 32.1. The molecular formula is C10H10N2OS. The van der Waals surface area contributed by atoms with Crippen LogP contribution in [0.3, 0.4) is 0 Å². The Labute approximate surface area is 85.8 Å². The fourth-order valence-electron chi connectivity index (χ4n) is 1.23. The van der Waals surface area contributed by atoms with Gasteiger partial charge in [-0.3, -0.25) is 0 Å². The van der Waals surface area contributed by atoms with Gasteiger partial charge < -0.3 is 10.8 Å². The van der Waals surface area contributed by atoms with E-state index in [1.165, 1.54) is 11.3 Å². The average molecular weight is 206 g/mol. The smallest absolute Gasteiger partial charge is 0.180 e. The monoisotopic (exact) mass is 206 g/mol. The second kappa shape index (κ2) is 3.67. The first-order valence-electron chi connectivity index (χ1n) is 4.22. The minimum Gasteiger partial charge on any atom is -0.508 e. The first-order valence-corrected chi connectivity index (χ1v) is 5.10. The fourth-order valence-corrected chi connectivity index (χ4v) is 1.79. The van der Waals surface area contributed by atoms with Gasteiger partial charge >= 0.3 is 0 Å². The predicted molar refractivity (Wildman–Crippen MR) is 57.4 cm³/mol. The highest BCUT2D eigenvalue weighted by Gasteiger charge is 2.00. The molecule has 0 aliphatic heterocycles. The van der Waals surface area contributed by atoms with E-state index in [1.54, 1.807) is 12.1 Å². The summed E-state index contributed by atoms with van der Waals surface area (Å²) >= 11 is 1.44. The van der Waals surface area contributed by atoms with Crippen molar-refractivity contribution in [2.24, 2.45) is 0 Å². The van der Waals surface area contributed by atoms with E-state index in [9.17, 15) is 0 Å². The predicted octanol–water partition coefficient (Wildman–Crippen LogP) is 2.02. The minimum absolute atomic E-state index is 0.284. The van der Waals surface area contributed by atoms with E-state index in [-0.39, 0.29) is 5.75 Å². The van der Waals surface area contributed by atoms with Crippen LogP contribution < -0.4 is 5.73 Å². The van der Waals surface area contributed by atoms with Crippen LogP contribution in [0.4, 0.5) is 5.13 Å². The molecule has 0 saturated carbocycles. The molecule has 0 fully saturated rings. The summed E-state index contributed by atoms with van der Waals surface area (Å²) in [7, 11) is 0. The number of phenolic OH excluding ortho intramolecular Hbond substituents is 1. The lowest BCUT2D eigenvalue weighted by atomic mass is 10.1. The van der Waals surface area contributed by atoms with Gasteiger partial charge in [0, 0.05) is 11.8 Å². The van der Waals surface area contributed by atoms with Gasteiger partial charge in [0.15, 0.2) is 5.13 Å². The van der Waals surface area contributed by atoms with Crippen LogP contribution in [0.15, 0.2) is 29.6 Å². The van der Waals surface area contributed by atoms with Crippen LogP contribution in [0.2, 0.25) is 0 Å². The van der Waals surface area contributed by atoms with E-state index in [0.29, 0.717) is 5.13 Å². The number of nitrogens with zero attached hydrogens (tertiary/aromatic N) is 1. The molecule has 2 aromatic rings. The molecule has 4 heteroatoms. The number of benzene rings is 1. The molecule has 1 aromatic carbocycles. The number of aromatic nitrogens is 1. The highest BCUT2D eigenvalue weighted by Crippen LogP contribution is 2.16. The van der Waals surface area contributed by atoms with Crippen molar-refractivity contribution in [3.05, 3.63) is 40.9 Å². The van der Waals surface area contributed by atoms with E-state index in [0.717, 1.165) is 17.7 Å². The highest BCUT2D eigenvalue weighted by molar-refractivity contribution is 7.13. The van der Waals surface area contributed by atoms with E-state index in [2.05, 4.69) is 4.98 Å². The molecule has 1 aromatic heterocycles. The lowest BCUT2D eigenvalue weighted by molar-refractivity contribution is 0.475. The van der Waals surface area contributed by atoms with Gasteiger partial charge in [0.05, 0.1) is 5.69 Å². The molecule has 14 heavy (non-hydrogen) atoms. The van der Waals surface area contributed by atoms with Gasteiger partial charge in [-0.15, -0.1) is 11.3 Å². The molecule has 3 N–H and O–H groups in total. The van der Waals surface area contributed by atoms with Crippen LogP contribution in [0.5, 0.6) is 5.75 Å². The van der Waals surface area contributed by atoms with Crippen LogP contribution in [0.25, 0.3) is 0 Å². The molecule has 1 heterocycles. The molecule has 2 rings (SSSR count). The molecule has 0 amide bonds. The zero-order valence-corrected chi connectivity index (χ0v) is 8.29. The number of rotatable bonds is 2. The van der Waals surface area contributed by atoms with Gasteiger partial charge in [0.2, 0.25) is 0 Å². The molecule has 0 aliphatic rings. The van der Waals surface area contributed by atoms with Crippen LogP contribution in [-0.4, -0.2) is 10.1 Å². The summed E-state index contributed by atoms with van der Waals surface area (Å²) in [6, 6.07) is 7.10. The Bertz CT molecular complexity index is 422. The summed E-state index contributed by atoms with van der Waals surface area (Å²) in [4.78, 5) is 4.16. The van der Waals surface area contributed by atoms with E-state index >= 15 is 0 Å². The number of thiazole rings is 1. The Morgan fingerprint density at radius 2 is 2.00 bits per heavy atom. The first-order chi connectivity index (χ1) is 6.74. The van der Waals surface area contributed by atoms with Gasteiger partial charge in [-0.05, 0) is 17.7 Å². The quantitative estimate of drug-likeness (QED) is 0.790. The second-order valence-electron chi connectivity index (χ2n) is 3.02. The molecule has 72 valence electrons. The van der Waals surface area contributed by atoms with Crippen molar-refractivity contribution >= 4 is 16.5 Å². The maximum Gasteiger partial charge on any atom is 0.180 e. The number of nitrogen functional groups attached to an aromatic ring is 1. The molecule has 0 atom stereocenters. The number of phenols is 1. The molecular weight excluding hydrogens is 196 g/mol. The third kappa shape index (κ3) is 2.03. The van der Waals surface area contributed by atoms with Gasteiger partial charge in [-0.25, -0.2) is 4.98 Å². The van der Waals surface area contributed by atoms with Crippen molar-refractivity contribution in [3.63, 3.8) is 0 Å². The molecule has 3 nitrogen and oxygen atoms in total. The lowest BCUT2D eigenvalue weighted by Crippen LogP contribution is -1.89. The van der Waals surface area contributed by atoms with Gasteiger partial charge in [-0.1, -0.05) is 12.1 Å². The van der Waals surface area contributed by atoms with Crippen LogP contribution >= 0.6 is 11.3 Å². The van der Waals surface area contributed by atoms with Gasteiger partial charge in [0.25, 0.3) is 0 Å². The van der Waals surface area contributed by atoms with Crippen LogP contribution in [-0.2, 0) is 6.42 Å². The van der Waals surface area contributed by atoms with Gasteiger partial charge in [0.1, 0.15) is 5.75 Å². The Balaban J connectivity index is 2.15. The van der Waals surface area contributed by atoms with Crippen LogP contribution in [0, 0.1) is 0 Å². The van der Waals surface area contributed by atoms with Crippen LogP contribution in [0.1, 0.15) is 11.3 Å². The van der Waals surface area contributed by atoms with Gasteiger partial charge in [-0.2, -0.15) is 0 Å². The summed E-state index contributed by atoms with van der Waals surface area (Å²) in [5.74, 6) is 0.284. The Kier molecular flexibility index (Phi) is 2.37. The number of hydrogen-bond donors (Lipinski definition) is 2. The number of hydrogen-bond acceptors (Lipinski definition) is 4. The maximum absolute atomic E-state index is 9.09. The van der Waals surface area contributed by atoms with Crippen molar-refractivity contribution < 1.29 is 5.11 Å². The number of anilines is 1. The molecule has 0 saturated heterocycles. The van der Waals surface area contributed by atoms with E-state index in [1.807, 2.05) is 17.5 Å². The zero-order chi connectivity index (χ0) is 9.97. The third-order valence-corrected chi connectivity index (χ3v) is 2.61. The summed E-state index contributed by atoms with van der Waals surface area (Å²) in [6.45, 7) is 0. The molecule has 0 spiro atoms. The molecule has 0 unspecified atom stereocenters. The SMILES string of the molecule is Nc1nc(Cc2ccc(O)cc2)cs1. The first kappa shape index (κ1) is 9.02. The summed E-state index contributed by atoms with van der Waals surface area (Å²) in [5, 5.41) is 11.6. The van der Waals surface area contributed by atoms with Crippen molar-refractivity contribution in [3.8, 4) is 5.75 Å². The van der Waals surface area contributed by atoms with Crippen molar-refractivity contribution in [1.29, 1.82) is 0 Å². The Morgan fingerprint density at radius 3 is 2.57 bits per heavy atom. The van der Waals surface area contributed by atoms with E-state index in [4.69, 9.17) is 10.8 Å². The average Bonchev–Trinajstić information content (AvgIpc) is 2.56. The summed E-state index contributed by atoms with van der Waals surface area (Å²) < 4.78 is 0. The molecule has 0 radical (unpaired) electrons. The second-order valence-corrected chi connectivity index (χ2v) is 3.91. The Hall–Kier alpha value is -1.55.